The third-order valence-electron chi connectivity index (χ3n) is 11.1. The average Bonchev–Trinajstić information content (AvgIpc) is 3.12. The first-order valence-electron chi connectivity index (χ1n) is 21.1. The number of rotatable bonds is 28. The van der Waals surface area contributed by atoms with Gasteiger partial charge in [0.25, 0.3) is 0 Å². The molecule has 4 unspecified atom stereocenters. The van der Waals surface area contributed by atoms with Crippen LogP contribution in [-0.4, -0.2) is 39.0 Å². The molecule has 4 nitrogen and oxygen atoms in total. The van der Waals surface area contributed by atoms with E-state index in [1.165, 1.54) is 138 Å². The molecule has 0 radical (unpaired) electrons. The number of pyridine rings is 2. The zero-order valence-corrected chi connectivity index (χ0v) is 36.1. The maximum Gasteiger partial charge on any atom is 0.107 e. The molecule has 0 aliphatic heterocycles. The first kappa shape index (κ1) is 42.2. The van der Waals surface area contributed by atoms with E-state index in [1.807, 2.05) is 24.8 Å². The second kappa shape index (κ2) is 25.7. The summed E-state index contributed by atoms with van der Waals surface area (Å²) in [5, 5.41) is 2.84. The number of nitrogens with zero attached hydrogens (tertiary/aromatic N) is 4. The van der Waals surface area contributed by atoms with Crippen LogP contribution in [0.2, 0.25) is 12.1 Å². The summed E-state index contributed by atoms with van der Waals surface area (Å²) in [6.07, 6.45) is 32.6. The number of hydrogen-bond acceptors (Lipinski definition) is 4. The molecular formula is C44H74N4Si2. The molecule has 3 heterocycles. The van der Waals surface area contributed by atoms with Crippen molar-refractivity contribution >= 4 is 29.4 Å². The van der Waals surface area contributed by atoms with Gasteiger partial charge in [-0.3, -0.25) is 19.9 Å². The summed E-state index contributed by atoms with van der Waals surface area (Å²) in [6, 6.07) is 11.4. The first-order chi connectivity index (χ1) is 24.4. The van der Waals surface area contributed by atoms with Crippen LogP contribution in [0.25, 0.3) is 22.8 Å². The van der Waals surface area contributed by atoms with Crippen LogP contribution >= 0.6 is 0 Å². The Kier molecular flexibility index (Phi) is 21.7. The fraction of sp³-hybridized carbons (Fsp3) is 0.682. The highest BCUT2D eigenvalue weighted by Gasteiger charge is 2.13. The third kappa shape index (κ3) is 16.9. The van der Waals surface area contributed by atoms with E-state index in [2.05, 4.69) is 65.8 Å². The van der Waals surface area contributed by atoms with Crippen LogP contribution < -0.4 is 10.4 Å². The zero-order chi connectivity index (χ0) is 35.8. The fourth-order valence-corrected chi connectivity index (χ4v) is 11.1. The molecule has 50 heavy (non-hydrogen) atoms. The molecule has 0 N–H and O–H groups in total. The summed E-state index contributed by atoms with van der Waals surface area (Å²) in [6.45, 7) is 14.4. The molecule has 0 aromatic carbocycles. The molecule has 0 amide bonds. The third-order valence-corrected chi connectivity index (χ3v) is 15.0. The van der Waals surface area contributed by atoms with Crippen LogP contribution in [0, 0.1) is 23.7 Å². The van der Waals surface area contributed by atoms with Crippen LogP contribution in [-0.2, 0) is 0 Å². The lowest BCUT2D eigenvalue weighted by atomic mass is 9.93. The summed E-state index contributed by atoms with van der Waals surface area (Å²) >= 11 is 0. The van der Waals surface area contributed by atoms with Crippen LogP contribution in [0.15, 0.2) is 49.1 Å². The molecule has 0 aliphatic rings. The molecule has 0 bridgehead atoms. The number of aromatic nitrogens is 4. The monoisotopic (exact) mass is 715 g/mol. The van der Waals surface area contributed by atoms with Crippen molar-refractivity contribution in [1.82, 2.24) is 19.9 Å². The van der Waals surface area contributed by atoms with Crippen LogP contribution in [0.4, 0.5) is 0 Å². The van der Waals surface area contributed by atoms with Gasteiger partial charge < -0.3 is 0 Å². The van der Waals surface area contributed by atoms with Crippen molar-refractivity contribution in [2.24, 2.45) is 23.7 Å². The Morgan fingerprint density at radius 1 is 0.460 bits per heavy atom. The van der Waals surface area contributed by atoms with Crippen molar-refractivity contribution in [1.29, 1.82) is 0 Å². The lowest BCUT2D eigenvalue weighted by molar-refractivity contribution is 0.400. The van der Waals surface area contributed by atoms with Gasteiger partial charge in [-0.1, -0.05) is 181 Å². The maximum atomic E-state index is 4.91. The molecule has 0 saturated carbocycles. The smallest absolute Gasteiger partial charge is 0.107 e. The molecular weight excluding hydrogens is 641 g/mol. The lowest BCUT2D eigenvalue weighted by Gasteiger charge is -2.15. The zero-order valence-electron chi connectivity index (χ0n) is 33.3. The highest BCUT2D eigenvalue weighted by molar-refractivity contribution is 6.55. The number of hydrogen-bond donors (Lipinski definition) is 0. The van der Waals surface area contributed by atoms with E-state index in [0.717, 1.165) is 46.4 Å². The molecule has 0 aliphatic carbocycles. The normalized spacial score (nSPS) is 14.5. The summed E-state index contributed by atoms with van der Waals surface area (Å²) < 4.78 is 0. The lowest BCUT2D eigenvalue weighted by Crippen LogP contribution is -2.19. The van der Waals surface area contributed by atoms with E-state index in [0.29, 0.717) is 0 Å². The van der Waals surface area contributed by atoms with Crippen molar-refractivity contribution in [3.8, 4) is 22.8 Å². The van der Waals surface area contributed by atoms with Gasteiger partial charge in [-0.2, -0.15) is 0 Å². The van der Waals surface area contributed by atoms with Gasteiger partial charge in [-0.25, -0.2) is 0 Å². The Morgan fingerprint density at radius 3 is 1.18 bits per heavy atom. The summed E-state index contributed by atoms with van der Waals surface area (Å²) in [5.74, 6) is 3.47. The topological polar surface area (TPSA) is 51.6 Å². The Labute approximate surface area is 313 Å². The highest BCUT2D eigenvalue weighted by Crippen LogP contribution is 2.23. The predicted molar refractivity (Wildman–Crippen MR) is 226 cm³/mol. The largest absolute Gasteiger partial charge is 0.255 e. The van der Waals surface area contributed by atoms with E-state index < -0.39 is 19.0 Å². The molecule has 6 heteroatoms. The molecule has 0 fully saturated rings. The van der Waals surface area contributed by atoms with E-state index in [1.54, 1.807) is 0 Å². The van der Waals surface area contributed by atoms with Crippen LogP contribution in [0.3, 0.4) is 0 Å². The minimum absolute atomic E-state index is 0.407. The van der Waals surface area contributed by atoms with E-state index >= 15 is 0 Å². The van der Waals surface area contributed by atoms with Gasteiger partial charge in [0.1, 0.15) is 11.4 Å². The van der Waals surface area contributed by atoms with Crippen LogP contribution in [0.5, 0.6) is 0 Å². The van der Waals surface area contributed by atoms with Gasteiger partial charge in [0.15, 0.2) is 0 Å². The van der Waals surface area contributed by atoms with Gasteiger partial charge in [0, 0.05) is 12.4 Å². The Bertz CT molecular complexity index is 1180. The summed E-state index contributed by atoms with van der Waals surface area (Å²) in [5.41, 5.74) is 3.88. The second-order valence-electron chi connectivity index (χ2n) is 16.1. The van der Waals surface area contributed by atoms with Crippen LogP contribution in [0.1, 0.15) is 157 Å². The fourth-order valence-electron chi connectivity index (χ4n) is 7.62. The Hall–Kier alpha value is -2.19. The standard InChI is InChI=1S/C44H74N4Si2/c1-7-9-11-19-35(3)21-13-23-37(5)25-17-31-49-41-27-15-29-45-43(41)39-33-48-40(34-47-39)44-42(28-16-30-46-44)50-32-18-26-38(6)24-14-22-36(4)20-12-10-8-2/h15-16,27-30,33-38H,7-14,17-26,31-32,49-50H2,1-6H3. The molecule has 0 saturated heterocycles. The molecule has 3 rings (SSSR count). The minimum atomic E-state index is -0.407. The van der Waals surface area contributed by atoms with Crippen molar-refractivity contribution in [3.05, 3.63) is 49.1 Å². The molecule has 4 atom stereocenters. The van der Waals surface area contributed by atoms with Gasteiger partial charge >= 0.3 is 0 Å². The van der Waals surface area contributed by atoms with E-state index in [-0.39, 0.29) is 0 Å². The van der Waals surface area contributed by atoms with Gasteiger partial charge in [0.2, 0.25) is 0 Å². The summed E-state index contributed by atoms with van der Waals surface area (Å²) in [7, 11) is -0.813. The molecule has 3 aromatic heterocycles. The van der Waals surface area contributed by atoms with Crippen molar-refractivity contribution in [2.45, 2.75) is 169 Å². The molecule has 278 valence electrons. The van der Waals surface area contributed by atoms with E-state index in [9.17, 15) is 0 Å². The van der Waals surface area contributed by atoms with Crippen molar-refractivity contribution in [2.75, 3.05) is 0 Å². The first-order valence-corrected chi connectivity index (χ1v) is 24.5. The predicted octanol–water partition coefficient (Wildman–Crippen LogP) is 10.6. The molecule has 0 spiro atoms. The van der Waals surface area contributed by atoms with E-state index in [4.69, 9.17) is 19.9 Å². The quantitative estimate of drug-likeness (QED) is 0.0555. The SMILES string of the molecule is CCCCCC(C)CCCC(C)CCC[SiH2]c1cccnc1-c1cnc(-c2ncccc2[SiH2]CCCC(C)CCCC(C)CCCCC)cn1. The Balaban J connectivity index is 1.42. The van der Waals surface area contributed by atoms with Gasteiger partial charge in [-0.05, 0) is 46.2 Å². The van der Waals surface area contributed by atoms with Crippen molar-refractivity contribution < 1.29 is 0 Å². The molecule has 3 aromatic rings. The number of unbranched alkanes of at least 4 members (excludes halogenated alkanes) is 4. The van der Waals surface area contributed by atoms with Gasteiger partial charge in [0.05, 0.1) is 42.8 Å². The highest BCUT2D eigenvalue weighted by atomic mass is 28.2. The average molecular weight is 715 g/mol. The van der Waals surface area contributed by atoms with Gasteiger partial charge in [-0.15, -0.1) is 0 Å². The maximum absolute atomic E-state index is 4.91. The second-order valence-corrected chi connectivity index (χ2v) is 20.0. The minimum Gasteiger partial charge on any atom is -0.255 e. The Morgan fingerprint density at radius 2 is 0.820 bits per heavy atom. The summed E-state index contributed by atoms with van der Waals surface area (Å²) in [4.78, 5) is 19.4. The van der Waals surface area contributed by atoms with Crippen molar-refractivity contribution in [3.63, 3.8) is 0 Å².